The summed E-state index contributed by atoms with van der Waals surface area (Å²) in [5.74, 6) is 1.61. The molecule has 28 heavy (non-hydrogen) atoms. The molecule has 4 unspecified atom stereocenters. The number of fused-ring (bicyclic) bond motifs is 1. The predicted octanol–water partition coefficient (Wildman–Crippen LogP) is 3.59. The molecule has 164 valence electrons. The van der Waals surface area contributed by atoms with Crippen LogP contribution in [0.1, 0.15) is 78.1 Å². The normalized spacial score (nSPS) is 32.8. The quantitative estimate of drug-likeness (QED) is 0.398. The van der Waals surface area contributed by atoms with Gasteiger partial charge in [-0.3, -0.25) is 0 Å². The van der Waals surface area contributed by atoms with Crippen LogP contribution >= 0.6 is 0 Å². The first-order valence-electron chi connectivity index (χ1n) is 11.2. The third-order valence-electron chi connectivity index (χ3n) is 7.03. The van der Waals surface area contributed by atoms with E-state index in [0.29, 0.717) is 29.4 Å². The third-order valence-corrected chi connectivity index (χ3v) is 8.29. The van der Waals surface area contributed by atoms with E-state index in [1.807, 2.05) is 0 Å². The van der Waals surface area contributed by atoms with Gasteiger partial charge in [0.1, 0.15) is 5.75 Å². The number of hydrogen-bond donors (Lipinski definition) is 3. The molecule has 8 atom stereocenters. The van der Waals surface area contributed by atoms with Crippen molar-refractivity contribution in [2.75, 3.05) is 11.5 Å². The monoisotopic (exact) mass is 416 g/mol. The standard InChI is InChI=1S/C22H40O5S/c1-3-4-5-15(2)10-18(23)6-7-19-20-12-16(11-17(20)13-21(19)24)8-9-28(27)14-22(25)26/h15-21,23-24H,3-14H2,1-2H3,(H,25,26)/t15?,16?,17-,18?,19+,20-,21+,28?/m1/s1. The lowest BCUT2D eigenvalue weighted by Crippen LogP contribution is -2.23. The fourth-order valence-corrected chi connectivity index (χ4v) is 6.65. The summed E-state index contributed by atoms with van der Waals surface area (Å²) in [6.45, 7) is 4.41. The summed E-state index contributed by atoms with van der Waals surface area (Å²) in [6, 6.07) is 0. The average molecular weight is 417 g/mol. The lowest BCUT2D eigenvalue weighted by Gasteiger charge is -2.24. The van der Waals surface area contributed by atoms with Crippen molar-refractivity contribution in [1.82, 2.24) is 0 Å². The molecule has 0 spiro atoms. The zero-order chi connectivity index (χ0) is 20.7. The lowest BCUT2D eigenvalue weighted by molar-refractivity contribution is -0.134. The molecule has 0 saturated heterocycles. The highest BCUT2D eigenvalue weighted by atomic mass is 32.2. The van der Waals surface area contributed by atoms with Crippen LogP contribution in [0.2, 0.25) is 0 Å². The molecule has 0 bridgehead atoms. The molecule has 2 rings (SSSR count). The number of hydrogen-bond acceptors (Lipinski definition) is 4. The zero-order valence-corrected chi connectivity index (χ0v) is 18.4. The first kappa shape index (κ1) is 24.0. The van der Waals surface area contributed by atoms with E-state index >= 15 is 0 Å². The third kappa shape index (κ3) is 7.51. The van der Waals surface area contributed by atoms with Gasteiger partial charge in [0.15, 0.2) is 0 Å². The molecule has 5 nitrogen and oxygen atoms in total. The second-order valence-corrected chi connectivity index (χ2v) is 11.0. The molecule has 0 aliphatic heterocycles. The molecule has 2 fully saturated rings. The Morgan fingerprint density at radius 2 is 1.96 bits per heavy atom. The van der Waals surface area contributed by atoms with Gasteiger partial charge in [-0.1, -0.05) is 33.1 Å². The second-order valence-electron chi connectivity index (χ2n) is 9.41. The average Bonchev–Trinajstić information content (AvgIpc) is 3.12. The molecule has 0 heterocycles. The van der Waals surface area contributed by atoms with E-state index in [0.717, 1.165) is 44.9 Å². The van der Waals surface area contributed by atoms with E-state index in [4.69, 9.17) is 5.11 Å². The summed E-state index contributed by atoms with van der Waals surface area (Å²) in [7, 11) is 0. The van der Waals surface area contributed by atoms with Crippen LogP contribution in [0.3, 0.4) is 0 Å². The van der Waals surface area contributed by atoms with Crippen molar-refractivity contribution in [2.45, 2.75) is 90.3 Å². The van der Waals surface area contributed by atoms with Crippen LogP contribution in [-0.4, -0.2) is 49.6 Å². The first-order valence-corrected chi connectivity index (χ1v) is 12.7. The molecule has 0 radical (unpaired) electrons. The molecule has 0 amide bonds. The van der Waals surface area contributed by atoms with E-state index in [1.165, 1.54) is 19.3 Å². The SMILES string of the molecule is CCCCC(C)CC(O)CC[C@H]1[C@@H]2CC(CC[S+]([O-])CC(=O)O)C[C@@H]2C[C@@H]1O. The van der Waals surface area contributed by atoms with Gasteiger partial charge < -0.3 is 19.9 Å². The van der Waals surface area contributed by atoms with Gasteiger partial charge in [-0.05, 0) is 85.7 Å². The van der Waals surface area contributed by atoms with Crippen LogP contribution < -0.4 is 0 Å². The fraction of sp³-hybridized carbons (Fsp3) is 0.955. The molecular weight excluding hydrogens is 376 g/mol. The lowest BCUT2D eigenvalue weighted by atomic mass is 9.85. The molecule has 0 aromatic heterocycles. The molecule has 0 aromatic carbocycles. The predicted molar refractivity (Wildman–Crippen MR) is 112 cm³/mol. The maximum absolute atomic E-state index is 11.8. The van der Waals surface area contributed by atoms with E-state index in [-0.39, 0.29) is 23.9 Å². The molecule has 3 N–H and O–H groups in total. The highest BCUT2D eigenvalue weighted by Crippen LogP contribution is 2.52. The van der Waals surface area contributed by atoms with Crippen molar-refractivity contribution in [1.29, 1.82) is 0 Å². The summed E-state index contributed by atoms with van der Waals surface area (Å²) in [5.41, 5.74) is 0. The van der Waals surface area contributed by atoms with Gasteiger partial charge in [0, 0.05) is 0 Å². The molecule has 2 aliphatic rings. The summed E-state index contributed by atoms with van der Waals surface area (Å²) < 4.78 is 11.8. The van der Waals surface area contributed by atoms with Gasteiger partial charge in [0.05, 0.1) is 12.2 Å². The van der Waals surface area contributed by atoms with Crippen molar-refractivity contribution < 1.29 is 24.7 Å². The number of rotatable bonds is 13. The maximum Gasteiger partial charge on any atom is 0.353 e. The van der Waals surface area contributed by atoms with Crippen LogP contribution in [0.4, 0.5) is 0 Å². The van der Waals surface area contributed by atoms with Crippen LogP contribution in [0, 0.1) is 29.6 Å². The largest absolute Gasteiger partial charge is 0.616 e. The maximum atomic E-state index is 11.8. The Bertz CT molecular complexity index is 474. The Morgan fingerprint density at radius 1 is 1.21 bits per heavy atom. The number of aliphatic carboxylic acids is 1. The number of aliphatic hydroxyl groups is 2. The summed E-state index contributed by atoms with van der Waals surface area (Å²) in [5, 5.41) is 29.7. The minimum Gasteiger partial charge on any atom is -0.616 e. The highest BCUT2D eigenvalue weighted by molar-refractivity contribution is 7.92. The highest BCUT2D eigenvalue weighted by Gasteiger charge is 2.47. The Balaban J connectivity index is 1.73. The Morgan fingerprint density at radius 3 is 2.64 bits per heavy atom. The van der Waals surface area contributed by atoms with E-state index < -0.39 is 17.1 Å². The van der Waals surface area contributed by atoms with Gasteiger partial charge in [-0.2, -0.15) is 0 Å². The zero-order valence-electron chi connectivity index (χ0n) is 17.6. The van der Waals surface area contributed by atoms with Gasteiger partial charge >= 0.3 is 5.97 Å². The van der Waals surface area contributed by atoms with Crippen molar-refractivity contribution in [2.24, 2.45) is 29.6 Å². The van der Waals surface area contributed by atoms with E-state index in [2.05, 4.69) is 13.8 Å². The fourth-order valence-electron chi connectivity index (χ4n) is 5.63. The number of unbranched alkanes of at least 4 members (excludes halogenated alkanes) is 1. The van der Waals surface area contributed by atoms with Crippen LogP contribution in [0.25, 0.3) is 0 Å². The van der Waals surface area contributed by atoms with Gasteiger partial charge in [0.25, 0.3) is 0 Å². The van der Waals surface area contributed by atoms with Crippen LogP contribution in [0.15, 0.2) is 0 Å². The number of carboxylic acid groups (broad SMARTS) is 1. The smallest absolute Gasteiger partial charge is 0.353 e. The summed E-state index contributed by atoms with van der Waals surface area (Å²) >= 11 is -1.27. The number of carboxylic acids is 1. The second kappa shape index (κ2) is 11.8. The van der Waals surface area contributed by atoms with Crippen molar-refractivity contribution in [3.8, 4) is 0 Å². The Hall–Kier alpha value is -0.300. The van der Waals surface area contributed by atoms with Crippen molar-refractivity contribution in [3.05, 3.63) is 0 Å². The number of carbonyl (C=O) groups is 1. The van der Waals surface area contributed by atoms with Crippen LogP contribution in [-0.2, 0) is 16.0 Å². The van der Waals surface area contributed by atoms with Crippen molar-refractivity contribution >= 4 is 17.1 Å². The Kier molecular flexibility index (Phi) is 10.1. The van der Waals surface area contributed by atoms with E-state index in [1.54, 1.807) is 0 Å². The molecule has 6 heteroatoms. The molecular formula is C22H40O5S. The molecule has 2 saturated carbocycles. The Labute approximate surface area is 173 Å². The van der Waals surface area contributed by atoms with Gasteiger partial charge in [-0.25, -0.2) is 4.79 Å². The topological polar surface area (TPSA) is 101 Å². The minimum atomic E-state index is -1.27. The van der Waals surface area contributed by atoms with E-state index in [9.17, 15) is 19.6 Å². The molecule has 0 aromatic rings. The van der Waals surface area contributed by atoms with Gasteiger partial charge in [0.2, 0.25) is 5.75 Å². The number of aliphatic hydroxyl groups excluding tert-OH is 2. The first-order chi connectivity index (χ1) is 13.3. The summed E-state index contributed by atoms with van der Waals surface area (Å²) in [6.07, 6.45) is 9.40. The van der Waals surface area contributed by atoms with Gasteiger partial charge in [-0.15, -0.1) is 0 Å². The van der Waals surface area contributed by atoms with Crippen molar-refractivity contribution in [3.63, 3.8) is 0 Å². The summed E-state index contributed by atoms with van der Waals surface area (Å²) in [4.78, 5) is 10.6. The van der Waals surface area contributed by atoms with Crippen LogP contribution in [0.5, 0.6) is 0 Å². The minimum absolute atomic E-state index is 0.248. The molecule has 2 aliphatic carbocycles.